The van der Waals surface area contributed by atoms with Crippen LogP contribution in [0.25, 0.3) is 0 Å². The van der Waals surface area contributed by atoms with E-state index in [2.05, 4.69) is 5.32 Å². The van der Waals surface area contributed by atoms with E-state index in [1.807, 2.05) is 6.07 Å². The standard InChI is InChI=1S/C11H9Cl2NO/c12-6-3-8-7(9(13)4-6)1-5-2-10(8)14-11(5)15/h3-5,10H,1-2H2,(H,14,15). The van der Waals surface area contributed by atoms with E-state index in [1.165, 1.54) is 0 Å². The van der Waals surface area contributed by atoms with Crippen molar-refractivity contribution in [3.63, 3.8) is 0 Å². The molecule has 0 radical (unpaired) electrons. The maximum absolute atomic E-state index is 11.5. The third-order valence-corrected chi connectivity index (χ3v) is 3.78. The highest BCUT2D eigenvalue weighted by Gasteiger charge is 2.39. The number of hydrogen-bond donors (Lipinski definition) is 1. The lowest BCUT2D eigenvalue weighted by Crippen LogP contribution is -2.19. The SMILES string of the molecule is O=C1NC2CC1Cc1c(Cl)cc(Cl)cc12. The first kappa shape index (κ1) is 9.49. The Balaban J connectivity index is 2.17. The molecule has 2 nitrogen and oxygen atoms in total. The van der Waals surface area contributed by atoms with Gasteiger partial charge in [-0.05, 0) is 36.1 Å². The van der Waals surface area contributed by atoms with Crippen molar-refractivity contribution in [3.05, 3.63) is 33.3 Å². The van der Waals surface area contributed by atoms with Gasteiger partial charge in [-0.25, -0.2) is 0 Å². The van der Waals surface area contributed by atoms with Gasteiger partial charge in [0.2, 0.25) is 5.91 Å². The fourth-order valence-electron chi connectivity index (χ4n) is 2.52. The minimum atomic E-state index is 0.0983. The van der Waals surface area contributed by atoms with Crippen molar-refractivity contribution in [1.82, 2.24) is 5.32 Å². The van der Waals surface area contributed by atoms with Gasteiger partial charge in [-0.15, -0.1) is 0 Å². The molecular weight excluding hydrogens is 233 g/mol. The number of halogens is 2. The van der Waals surface area contributed by atoms with Gasteiger partial charge in [0, 0.05) is 16.0 Å². The average molecular weight is 242 g/mol. The highest BCUT2D eigenvalue weighted by Crippen LogP contribution is 2.42. The fourth-order valence-corrected chi connectivity index (χ4v) is 3.10. The Morgan fingerprint density at radius 1 is 1.33 bits per heavy atom. The summed E-state index contributed by atoms with van der Waals surface area (Å²) < 4.78 is 0. The van der Waals surface area contributed by atoms with Gasteiger partial charge in [0.05, 0.1) is 6.04 Å². The quantitative estimate of drug-likeness (QED) is 0.744. The molecule has 1 saturated heterocycles. The van der Waals surface area contributed by atoms with E-state index in [4.69, 9.17) is 23.2 Å². The number of benzene rings is 1. The van der Waals surface area contributed by atoms with Crippen LogP contribution >= 0.6 is 23.2 Å². The Labute approximate surface area is 97.6 Å². The molecule has 15 heavy (non-hydrogen) atoms. The van der Waals surface area contributed by atoms with Crippen molar-refractivity contribution < 1.29 is 4.79 Å². The van der Waals surface area contributed by atoms with Crippen LogP contribution in [0.15, 0.2) is 12.1 Å². The molecule has 1 aliphatic heterocycles. The molecule has 3 rings (SSSR count). The highest BCUT2D eigenvalue weighted by molar-refractivity contribution is 6.35. The van der Waals surface area contributed by atoms with Crippen molar-refractivity contribution in [2.75, 3.05) is 0 Å². The maximum Gasteiger partial charge on any atom is 0.224 e. The highest BCUT2D eigenvalue weighted by atomic mass is 35.5. The largest absolute Gasteiger partial charge is 0.349 e. The summed E-state index contributed by atoms with van der Waals surface area (Å²) in [5, 5.41) is 4.29. The molecule has 2 atom stereocenters. The number of amides is 1. The van der Waals surface area contributed by atoms with Crippen molar-refractivity contribution in [3.8, 4) is 0 Å². The molecule has 1 fully saturated rings. The second kappa shape index (κ2) is 3.13. The molecule has 4 heteroatoms. The Morgan fingerprint density at radius 3 is 2.93 bits per heavy atom. The smallest absolute Gasteiger partial charge is 0.224 e. The van der Waals surface area contributed by atoms with Gasteiger partial charge < -0.3 is 5.32 Å². The van der Waals surface area contributed by atoms with Crippen molar-refractivity contribution in [2.24, 2.45) is 5.92 Å². The Bertz CT molecular complexity index is 458. The first-order valence-electron chi connectivity index (χ1n) is 4.93. The molecule has 2 unspecified atom stereocenters. The van der Waals surface area contributed by atoms with E-state index in [-0.39, 0.29) is 17.9 Å². The topological polar surface area (TPSA) is 29.1 Å². The maximum atomic E-state index is 11.5. The van der Waals surface area contributed by atoms with Gasteiger partial charge in [-0.2, -0.15) is 0 Å². The second-order valence-electron chi connectivity index (χ2n) is 4.15. The summed E-state index contributed by atoms with van der Waals surface area (Å²) in [6.45, 7) is 0. The van der Waals surface area contributed by atoms with Gasteiger partial charge in [-0.1, -0.05) is 23.2 Å². The fraction of sp³-hybridized carbons (Fsp3) is 0.364. The van der Waals surface area contributed by atoms with Crippen LogP contribution < -0.4 is 5.32 Å². The van der Waals surface area contributed by atoms with Crippen LogP contribution in [-0.2, 0) is 11.2 Å². The van der Waals surface area contributed by atoms with Gasteiger partial charge in [0.15, 0.2) is 0 Å². The predicted molar refractivity (Wildman–Crippen MR) is 59.2 cm³/mol. The molecule has 78 valence electrons. The van der Waals surface area contributed by atoms with E-state index in [1.54, 1.807) is 6.07 Å². The van der Waals surface area contributed by atoms with Crippen LogP contribution in [0.1, 0.15) is 23.6 Å². The molecule has 1 aromatic rings. The minimum Gasteiger partial charge on any atom is -0.349 e. The molecule has 1 heterocycles. The first-order chi connectivity index (χ1) is 7.15. The molecule has 0 aromatic heterocycles. The van der Waals surface area contributed by atoms with E-state index < -0.39 is 0 Å². The van der Waals surface area contributed by atoms with Crippen molar-refractivity contribution >= 4 is 29.1 Å². The Kier molecular flexibility index (Phi) is 1.98. The Morgan fingerprint density at radius 2 is 2.13 bits per heavy atom. The van der Waals surface area contributed by atoms with E-state index in [0.717, 1.165) is 24.0 Å². The van der Waals surface area contributed by atoms with E-state index in [9.17, 15) is 4.79 Å². The van der Waals surface area contributed by atoms with Crippen molar-refractivity contribution in [2.45, 2.75) is 18.9 Å². The van der Waals surface area contributed by atoms with Crippen LogP contribution in [-0.4, -0.2) is 5.91 Å². The first-order valence-corrected chi connectivity index (χ1v) is 5.69. The normalized spacial score (nSPS) is 27.5. The zero-order chi connectivity index (χ0) is 10.6. The lowest BCUT2D eigenvalue weighted by atomic mass is 9.84. The monoisotopic (exact) mass is 241 g/mol. The molecule has 1 aromatic carbocycles. The summed E-state index contributed by atoms with van der Waals surface area (Å²) >= 11 is 12.1. The van der Waals surface area contributed by atoms with Crippen LogP contribution in [0.5, 0.6) is 0 Å². The molecule has 2 bridgehead atoms. The predicted octanol–water partition coefficient (Wildman–Crippen LogP) is 2.73. The zero-order valence-corrected chi connectivity index (χ0v) is 9.40. The molecule has 1 amide bonds. The third-order valence-electron chi connectivity index (χ3n) is 3.23. The number of nitrogens with one attached hydrogen (secondary N) is 1. The number of hydrogen-bond acceptors (Lipinski definition) is 1. The van der Waals surface area contributed by atoms with Gasteiger partial charge in [-0.3, -0.25) is 4.79 Å². The Hall–Kier alpha value is -0.730. The molecule has 2 aliphatic rings. The summed E-state index contributed by atoms with van der Waals surface area (Å²) in [4.78, 5) is 11.5. The van der Waals surface area contributed by atoms with Gasteiger partial charge in [0.1, 0.15) is 0 Å². The van der Waals surface area contributed by atoms with E-state index in [0.29, 0.717) is 10.0 Å². The van der Waals surface area contributed by atoms with Crippen molar-refractivity contribution in [1.29, 1.82) is 0 Å². The second-order valence-corrected chi connectivity index (χ2v) is 5.00. The minimum absolute atomic E-state index is 0.0983. The zero-order valence-electron chi connectivity index (χ0n) is 7.89. The van der Waals surface area contributed by atoms with Crippen LogP contribution in [0, 0.1) is 5.92 Å². The summed E-state index contributed by atoms with van der Waals surface area (Å²) in [5.41, 5.74) is 2.18. The van der Waals surface area contributed by atoms with Gasteiger partial charge in [0.25, 0.3) is 0 Å². The summed E-state index contributed by atoms with van der Waals surface area (Å²) in [6, 6.07) is 3.77. The molecule has 1 N–H and O–H groups in total. The lowest BCUT2D eigenvalue weighted by Gasteiger charge is -2.22. The summed E-state index contributed by atoms with van der Waals surface area (Å²) in [6.07, 6.45) is 1.62. The van der Waals surface area contributed by atoms with Crippen LogP contribution in [0.2, 0.25) is 10.0 Å². The summed E-state index contributed by atoms with van der Waals surface area (Å²) in [5.74, 6) is 0.240. The molecule has 0 spiro atoms. The van der Waals surface area contributed by atoms with Gasteiger partial charge >= 0.3 is 0 Å². The molecular formula is C11H9Cl2NO. The number of carbonyl (C=O) groups is 1. The third kappa shape index (κ3) is 1.35. The number of fused-ring (bicyclic) bond motifs is 4. The lowest BCUT2D eigenvalue weighted by molar-refractivity contribution is -0.122. The summed E-state index contributed by atoms with van der Waals surface area (Å²) in [7, 11) is 0. The van der Waals surface area contributed by atoms with E-state index >= 15 is 0 Å². The number of rotatable bonds is 0. The number of carbonyl (C=O) groups excluding carboxylic acids is 1. The van der Waals surface area contributed by atoms with Crippen LogP contribution in [0.4, 0.5) is 0 Å². The average Bonchev–Trinajstić information content (AvgIpc) is 2.46. The van der Waals surface area contributed by atoms with Crippen LogP contribution in [0.3, 0.4) is 0 Å². The molecule has 0 saturated carbocycles. The molecule has 1 aliphatic carbocycles.